The number of benzene rings is 1. The smallest absolute Gasteiger partial charge is 0.330 e. The number of aliphatic carboxylic acids is 1. The number of carboxylic acid groups (broad SMARTS) is 1. The third-order valence-corrected chi connectivity index (χ3v) is 3.30. The summed E-state index contributed by atoms with van der Waals surface area (Å²) in [7, 11) is 0. The molecule has 1 aromatic carbocycles. The van der Waals surface area contributed by atoms with Crippen LogP contribution in [0.3, 0.4) is 0 Å². The van der Waals surface area contributed by atoms with Crippen LogP contribution in [0.5, 0.6) is 0 Å². The predicted molar refractivity (Wildman–Crippen MR) is 73.7 cm³/mol. The third kappa shape index (κ3) is 4.33. The van der Waals surface area contributed by atoms with Gasteiger partial charge in [-0.15, -0.1) is 0 Å². The van der Waals surface area contributed by atoms with Gasteiger partial charge in [0.1, 0.15) is 5.82 Å². The monoisotopic (exact) mass is 281 g/mol. The van der Waals surface area contributed by atoms with E-state index >= 15 is 0 Å². The zero-order valence-corrected chi connectivity index (χ0v) is 11.9. The highest BCUT2D eigenvalue weighted by atomic mass is 19.1. The number of carbonyl (C=O) groups is 2. The first kappa shape index (κ1) is 16.1. The lowest BCUT2D eigenvalue weighted by Crippen LogP contribution is -2.34. The molecule has 0 bridgehead atoms. The zero-order chi connectivity index (χ0) is 15.3. The molecule has 2 N–H and O–H groups in total. The molecule has 0 aliphatic rings. The van der Waals surface area contributed by atoms with Gasteiger partial charge in [-0.05, 0) is 30.0 Å². The van der Waals surface area contributed by atoms with E-state index in [0.29, 0.717) is 11.1 Å². The minimum Gasteiger partial charge on any atom is -0.479 e. The lowest BCUT2D eigenvalue weighted by Gasteiger charge is -2.17. The van der Waals surface area contributed by atoms with Crippen LogP contribution >= 0.6 is 0 Å². The lowest BCUT2D eigenvalue weighted by atomic mass is 10.0. The van der Waals surface area contributed by atoms with Gasteiger partial charge < -0.3 is 10.4 Å². The van der Waals surface area contributed by atoms with E-state index in [1.807, 2.05) is 13.8 Å². The average Bonchev–Trinajstić information content (AvgIpc) is 2.38. The summed E-state index contributed by atoms with van der Waals surface area (Å²) in [6.07, 6.45) is 1.13. The molecular formula is C15H20FNO3. The molecule has 20 heavy (non-hydrogen) atoms. The summed E-state index contributed by atoms with van der Waals surface area (Å²) in [4.78, 5) is 23.1. The van der Waals surface area contributed by atoms with Gasteiger partial charge in [0.2, 0.25) is 5.91 Å². The van der Waals surface area contributed by atoms with E-state index in [0.717, 1.165) is 6.42 Å². The molecule has 0 saturated carbocycles. The highest BCUT2D eigenvalue weighted by Gasteiger charge is 2.23. The highest BCUT2D eigenvalue weighted by Crippen LogP contribution is 2.18. The normalized spacial score (nSPS) is 13.6. The van der Waals surface area contributed by atoms with Crippen molar-refractivity contribution in [1.29, 1.82) is 0 Å². The Kier molecular flexibility index (Phi) is 5.67. The van der Waals surface area contributed by atoms with Gasteiger partial charge in [-0.25, -0.2) is 9.18 Å². The van der Waals surface area contributed by atoms with E-state index in [-0.39, 0.29) is 18.2 Å². The number of hydrogen-bond acceptors (Lipinski definition) is 2. The Morgan fingerprint density at radius 2 is 2.05 bits per heavy atom. The van der Waals surface area contributed by atoms with Crippen LogP contribution in [0, 0.1) is 18.7 Å². The predicted octanol–water partition coefficient (Wildman–Crippen LogP) is 2.81. The van der Waals surface area contributed by atoms with E-state index in [2.05, 4.69) is 5.32 Å². The van der Waals surface area contributed by atoms with E-state index in [9.17, 15) is 19.1 Å². The third-order valence-electron chi connectivity index (χ3n) is 3.30. The van der Waals surface area contributed by atoms with Crippen molar-refractivity contribution in [3.05, 3.63) is 35.1 Å². The van der Waals surface area contributed by atoms with E-state index in [1.165, 1.54) is 18.2 Å². The molecule has 0 aliphatic carbocycles. The molecule has 0 spiro atoms. The van der Waals surface area contributed by atoms with E-state index < -0.39 is 17.8 Å². The van der Waals surface area contributed by atoms with Gasteiger partial charge in [0, 0.05) is 6.42 Å². The molecular weight excluding hydrogens is 261 g/mol. The van der Waals surface area contributed by atoms with Crippen molar-refractivity contribution < 1.29 is 19.1 Å². The van der Waals surface area contributed by atoms with Crippen LogP contribution in [0.4, 0.5) is 4.39 Å². The number of amides is 1. The van der Waals surface area contributed by atoms with Crippen LogP contribution in [0.2, 0.25) is 0 Å². The summed E-state index contributed by atoms with van der Waals surface area (Å²) in [5.41, 5.74) is 0.721. The first-order valence-electron chi connectivity index (χ1n) is 6.63. The molecule has 2 unspecified atom stereocenters. The van der Waals surface area contributed by atoms with Crippen molar-refractivity contribution in [1.82, 2.24) is 5.32 Å². The van der Waals surface area contributed by atoms with E-state index in [4.69, 9.17) is 0 Å². The van der Waals surface area contributed by atoms with Crippen molar-refractivity contribution in [2.45, 2.75) is 39.7 Å². The maximum Gasteiger partial charge on any atom is 0.330 e. The summed E-state index contributed by atoms with van der Waals surface area (Å²) in [6, 6.07) is 2.88. The summed E-state index contributed by atoms with van der Waals surface area (Å²) >= 11 is 0. The highest BCUT2D eigenvalue weighted by molar-refractivity contribution is 5.84. The van der Waals surface area contributed by atoms with Gasteiger partial charge in [-0.2, -0.15) is 0 Å². The second-order valence-corrected chi connectivity index (χ2v) is 5.06. The Morgan fingerprint density at radius 1 is 1.40 bits per heavy atom. The fourth-order valence-electron chi connectivity index (χ4n) is 1.82. The topological polar surface area (TPSA) is 66.4 Å². The number of carbonyl (C=O) groups excluding carboxylic acids is 1. The van der Waals surface area contributed by atoms with Crippen LogP contribution in [-0.4, -0.2) is 17.0 Å². The van der Waals surface area contributed by atoms with E-state index in [1.54, 1.807) is 6.92 Å². The largest absolute Gasteiger partial charge is 0.479 e. The molecule has 110 valence electrons. The quantitative estimate of drug-likeness (QED) is 0.842. The second-order valence-electron chi connectivity index (χ2n) is 5.06. The number of rotatable bonds is 6. The zero-order valence-electron chi connectivity index (χ0n) is 11.9. The van der Waals surface area contributed by atoms with Crippen molar-refractivity contribution in [2.24, 2.45) is 5.92 Å². The van der Waals surface area contributed by atoms with Gasteiger partial charge in [0.05, 0.1) is 0 Å². The van der Waals surface area contributed by atoms with Crippen LogP contribution < -0.4 is 5.32 Å². The summed E-state index contributed by atoms with van der Waals surface area (Å²) in [5.74, 6) is -1.68. The van der Waals surface area contributed by atoms with Gasteiger partial charge in [0.25, 0.3) is 0 Å². The van der Waals surface area contributed by atoms with Gasteiger partial charge in [0.15, 0.2) is 6.04 Å². The Labute approximate surface area is 118 Å². The minimum absolute atomic E-state index is 0.194. The second kappa shape index (κ2) is 7.03. The molecule has 1 rings (SSSR count). The van der Waals surface area contributed by atoms with Crippen molar-refractivity contribution in [3.63, 3.8) is 0 Å². The molecule has 0 heterocycles. The maximum absolute atomic E-state index is 13.2. The number of nitrogens with one attached hydrogen (secondary N) is 1. The molecule has 1 aromatic rings. The first-order chi connectivity index (χ1) is 9.35. The summed E-state index contributed by atoms with van der Waals surface area (Å²) < 4.78 is 13.2. The van der Waals surface area contributed by atoms with Crippen LogP contribution in [-0.2, 0) is 9.59 Å². The molecule has 2 atom stereocenters. The molecule has 0 saturated heterocycles. The molecule has 4 nitrogen and oxygen atoms in total. The molecule has 5 heteroatoms. The standard InChI is InChI=1S/C15H20FNO3/c1-4-9(2)7-13(18)17-14(15(19)20)11-5-6-12(16)10(3)8-11/h5-6,8-9,14H,4,7H2,1-3H3,(H,17,18)(H,19,20). The van der Waals surface area contributed by atoms with Crippen LogP contribution in [0.1, 0.15) is 43.9 Å². The molecule has 0 radical (unpaired) electrons. The molecule has 1 amide bonds. The summed E-state index contributed by atoms with van der Waals surface area (Å²) in [6.45, 7) is 5.45. The van der Waals surface area contributed by atoms with Crippen molar-refractivity contribution >= 4 is 11.9 Å². The summed E-state index contributed by atoms with van der Waals surface area (Å²) in [5, 5.41) is 11.7. The fourth-order valence-corrected chi connectivity index (χ4v) is 1.82. The first-order valence-corrected chi connectivity index (χ1v) is 6.63. The molecule has 0 fully saturated rings. The maximum atomic E-state index is 13.2. The Hall–Kier alpha value is -1.91. The minimum atomic E-state index is -1.16. The number of carboxylic acids is 1. The molecule has 0 aliphatic heterocycles. The lowest BCUT2D eigenvalue weighted by molar-refractivity contribution is -0.142. The Bertz CT molecular complexity index is 502. The van der Waals surface area contributed by atoms with Gasteiger partial charge >= 0.3 is 5.97 Å². The van der Waals surface area contributed by atoms with Gasteiger partial charge in [-0.3, -0.25) is 4.79 Å². The number of aryl methyl sites for hydroxylation is 1. The number of halogens is 1. The van der Waals surface area contributed by atoms with Crippen molar-refractivity contribution in [2.75, 3.05) is 0 Å². The van der Waals surface area contributed by atoms with Crippen LogP contribution in [0.25, 0.3) is 0 Å². The Morgan fingerprint density at radius 3 is 2.55 bits per heavy atom. The fraction of sp³-hybridized carbons (Fsp3) is 0.467. The SMILES string of the molecule is CCC(C)CC(=O)NC(C(=O)O)c1ccc(F)c(C)c1. The molecule has 0 aromatic heterocycles. The Balaban J connectivity index is 2.86. The van der Waals surface area contributed by atoms with Crippen molar-refractivity contribution in [3.8, 4) is 0 Å². The average molecular weight is 281 g/mol. The van der Waals surface area contributed by atoms with Gasteiger partial charge in [-0.1, -0.05) is 32.4 Å². The van der Waals surface area contributed by atoms with Crippen LogP contribution in [0.15, 0.2) is 18.2 Å². The number of hydrogen-bond donors (Lipinski definition) is 2.